The molecule has 0 spiro atoms. The molecule has 1 atom stereocenters. The van der Waals surface area contributed by atoms with Gasteiger partial charge in [0.2, 0.25) is 0 Å². The predicted octanol–water partition coefficient (Wildman–Crippen LogP) is 3.00. The van der Waals surface area contributed by atoms with Crippen LogP contribution in [0.3, 0.4) is 0 Å². The second-order valence-corrected chi connectivity index (χ2v) is 6.67. The fourth-order valence-corrected chi connectivity index (χ4v) is 3.44. The highest BCUT2D eigenvalue weighted by molar-refractivity contribution is 8.26. The maximum atomic E-state index is 12.5. The molecule has 0 bridgehead atoms. The number of hydrogen-bond donors (Lipinski definition) is 1. The fraction of sp³-hybridized carbons (Fsp3) is 0.267. The number of amides is 1. The van der Waals surface area contributed by atoms with Gasteiger partial charge in [-0.15, -0.1) is 0 Å². The minimum absolute atomic E-state index is 0.221. The van der Waals surface area contributed by atoms with Gasteiger partial charge in [0.1, 0.15) is 10.4 Å². The van der Waals surface area contributed by atoms with Crippen molar-refractivity contribution in [2.24, 2.45) is 5.92 Å². The minimum atomic E-state index is -1.04. The standard InChI is InChI=1S/C15H15NO3S2/c1-9(2)12(14(18)19)16-13(17)11(21-15(16)20)8-10-6-4-3-5-7-10/h3-9,12H,1-2H3,(H,18,19)/b11-8-/t12-/m0/s1. The molecule has 1 aromatic carbocycles. The van der Waals surface area contributed by atoms with Crippen LogP contribution in [-0.2, 0) is 9.59 Å². The summed E-state index contributed by atoms with van der Waals surface area (Å²) in [5.74, 6) is -1.60. The molecule has 0 aromatic heterocycles. The molecule has 21 heavy (non-hydrogen) atoms. The molecule has 1 saturated heterocycles. The summed E-state index contributed by atoms with van der Waals surface area (Å²) >= 11 is 6.33. The van der Waals surface area contributed by atoms with E-state index in [9.17, 15) is 14.7 Å². The van der Waals surface area contributed by atoms with Crippen LogP contribution in [-0.4, -0.2) is 32.2 Å². The highest BCUT2D eigenvalue weighted by Gasteiger charge is 2.41. The zero-order chi connectivity index (χ0) is 15.6. The molecule has 0 aliphatic carbocycles. The summed E-state index contributed by atoms with van der Waals surface area (Å²) in [5, 5.41) is 9.33. The first-order chi connectivity index (χ1) is 9.91. The van der Waals surface area contributed by atoms with Crippen molar-refractivity contribution in [3.63, 3.8) is 0 Å². The van der Waals surface area contributed by atoms with Crippen LogP contribution in [0.25, 0.3) is 6.08 Å². The first-order valence-corrected chi connectivity index (χ1v) is 7.69. The zero-order valence-corrected chi connectivity index (χ0v) is 13.3. The molecule has 1 heterocycles. The average molecular weight is 321 g/mol. The maximum Gasteiger partial charge on any atom is 0.327 e. The van der Waals surface area contributed by atoms with Gasteiger partial charge in [0.05, 0.1) is 4.91 Å². The Morgan fingerprint density at radius 3 is 2.48 bits per heavy atom. The molecule has 0 radical (unpaired) electrons. The monoisotopic (exact) mass is 321 g/mol. The van der Waals surface area contributed by atoms with E-state index >= 15 is 0 Å². The van der Waals surface area contributed by atoms with Gasteiger partial charge in [0, 0.05) is 0 Å². The van der Waals surface area contributed by atoms with Crippen molar-refractivity contribution in [1.82, 2.24) is 4.90 Å². The van der Waals surface area contributed by atoms with E-state index in [0.29, 0.717) is 9.23 Å². The number of rotatable bonds is 4. The number of benzene rings is 1. The number of hydrogen-bond acceptors (Lipinski definition) is 4. The van der Waals surface area contributed by atoms with E-state index in [0.717, 1.165) is 17.3 Å². The lowest BCUT2D eigenvalue weighted by atomic mass is 10.0. The van der Waals surface area contributed by atoms with Crippen LogP contribution in [0, 0.1) is 5.92 Å². The Morgan fingerprint density at radius 1 is 1.33 bits per heavy atom. The Kier molecular flexibility index (Phi) is 4.80. The molecular weight excluding hydrogens is 306 g/mol. The first-order valence-electron chi connectivity index (χ1n) is 6.46. The Hall–Kier alpha value is -1.66. The first kappa shape index (κ1) is 15.7. The van der Waals surface area contributed by atoms with E-state index in [1.165, 1.54) is 4.90 Å². The SMILES string of the molecule is CC(C)[C@@H](C(=O)O)N1C(=O)/C(=C/c2ccccc2)SC1=S. The highest BCUT2D eigenvalue weighted by atomic mass is 32.2. The third kappa shape index (κ3) is 3.33. The highest BCUT2D eigenvalue weighted by Crippen LogP contribution is 2.35. The smallest absolute Gasteiger partial charge is 0.327 e. The van der Waals surface area contributed by atoms with Gasteiger partial charge in [-0.1, -0.05) is 68.2 Å². The van der Waals surface area contributed by atoms with Crippen molar-refractivity contribution >= 4 is 46.3 Å². The van der Waals surface area contributed by atoms with E-state index < -0.39 is 12.0 Å². The average Bonchev–Trinajstić information content (AvgIpc) is 2.67. The van der Waals surface area contributed by atoms with Gasteiger partial charge in [0.25, 0.3) is 5.91 Å². The number of carboxylic acid groups (broad SMARTS) is 1. The zero-order valence-electron chi connectivity index (χ0n) is 11.6. The number of carbonyl (C=O) groups is 2. The van der Waals surface area contributed by atoms with E-state index in [2.05, 4.69) is 0 Å². The summed E-state index contributed by atoms with van der Waals surface area (Å²) < 4.78 is 0.295. The van der Waals surface area contributed by atoms with Gasteiger partial charge < -0.3 is 5.11 Å². The number of thiocarbonyl (C=S) groups is 1. The maximum absolute atomic E-state index is 12.5. The third-order valence-electron chi connectivity index (χ3n) is 3.08. The molecule has 0 saturated carbocycles. The van der Waals surface area contributed by atoms with Crippen molar-refractivity contribution in [3.05, 3.63) is 40.8 Å². The second-order valence-electron chi connectivity index (χ2n) is 4.99. The van der Waals surface area contributed by atoms with Crippen LogP contribution in [0.2, 0.25) is 0 Å². The summed E-state index contributed by atoms with van der Waals surface area (Å²) in [4.78, 5) is 25.5. The van der Waals surface area contributed by atoms with E-state index in [1.54, 1.807) is 19.9 Å². The lowest BCUT2D eigenvalue weighted by Gasteiger charge is -2.26. The Balaban J connectivity index is 2.32. The lowest BCUT2D eigenvalue weighted by molar-refractivity contribution is -0.146. The number of thioether (sulfide) groups is 1. The van der Waals surface area contributed by atoms with Gasteiger partial charge in [-0.25, -0.2) is 4.79 Å². The molecule has 2 rings (SSSR count). The molecule has 110 valence electrons. The normalized spacial score (nSPS) is 18.6. The van der Waals surface area contributed by atoms with Crippen LogP contribution in [0.15, 0.2) is 35.2 Å². The predicted molar refractivity (Wildman–Crippen MR) is 87.7 cm³/mol. The molecule has 1 amide bonds. The number of carbonyl (C=O) groups excluding carboxylic acids is 1. The van der Waals surface area contributed by atoms with E-state index in [4.69, 9.17) is 12.2 Å². The summed E-state index contributed by atoms with van der Waals surface area (Å²) in [6, 6.07) is 8.47. The lowest BCUT2D eigenvalue weighted by Crippen LogP contribution is -2.47. The largest absolute Gasteiger partial charge is 0.480 e. The number of aliphatic carboxylic acids is 1. The molecule has 1 fully saturated rings. The van der Waals surface area contributed by atoms with Crippen LogP contribution in [0.5, 0.6) is 0 Å². The summed E-state index contributed by atoms with van der Waals surface area (Å²) in [6.07, 6.45) is 1.73. The Morgan fingerprint density at radius 2 is 1.95 bits per heavy atom. The Bertz CT molecular complexity index is 611. The number of nitrogens with zero attached hydrogens (tertiary/aromatic N) is 1. The molecule has 1 aromatic rings. The molecule has 1 aliphatic heterocycles. The molecular formula is C15H15NO3S2. The topological polar surface area (TPSA) is 57.6 Å². The molecule has 4 nitrogen and oxygen atoms in total. The Labute approximate surface area is 132 Å². The van der Waals surface area contributed by atoms with Crippen molar-refractivity contribution in [2.75, 3.05) is 0 Å². The van der Waals surface area contributed by atoms with Crippen LogP contribution >= 0.6 is 24.0 Å². The molecule has 1 N–H and O–H groups in total. The van der Waals surface area contributed by atoms with Gasteiger partial charge in [-0.3, -0.25) is 9.69 Å². The minimum Gasteiger partial charge on any atom is -0.480 e. The third-order valence-corrected chi connectivity index (χ3v) is 4.41. The molecule has 6 heteroatoms. The van der Waals surface area contributed by atoms with Crippen molar-refractivity contribution < 1.29 is 14.7 Å². The summed E-state index contributed by atoms with van der Waals surface area (Å²) in [6.45, 7) is 3.52. The summed E-state index contributed by atoms with van der Waals surface area (Å²) in [7, 11) is 0. The van der Waals surface area contributed by atoms with Crippen molar-refractivity contribution in [3.8, 4) is 0 Å². The van der Waals surface area contributed by atoms with Gasteiger partial charge in [-0.2, -0.15) is 0 Å². The van der Waals surface area contributed by atoms with Gasteiger partial charge in [0.15, 0.2) is 0 Å². The fourth-order valence-electron chi connectivity index (χ4n) is 2.11. The van der Waals surface area contributed by atoms with Crippen molar-refractivity contribution in [1.29, 1.82) is 0 Å². The van der Waals surface area contributed by atoms with Gasteiger partial charge >= 0.3 is 5.97 Å². The van der Waals surface area contributed by atoms with Crippen molar-refractivity contribution in [2.45, 2.75) is 19.9 Å². The summed E-state index contributed by atoms with van der Waals surface area (Å²) in [5.41, 5.74) is 0.884. The van der Waals surface area contributed by atoms with Crippen LogP contribution in [0.1, 0.15) is 19.4 Å². The molecule has 0 unspecified atom stereocenters. The van der Waals surface area contributed by atoms with Gasteiger partial charge in [-0.05, 0) is 17.6 Å². The second kappa shape index (κ2) is 6.41. The van der Waals surface area contributed by atoms with E-state index in [-0.39, 0.29) is 11.8 Å². The molecule has 1 aliphatic rings. The number of carboxylic acids is 1. The van der Waals surface area contributed by atoms with Crippen LogP contribution in [0.4, 0.5) is 0 Å². The van der Waals surface area contributed by atoms with E-state index in [1.807, 2.05) is 30.3 Å². The quantitative estimate of drug-likeness (QED) is 0.682. The van der Waals surface area contributed by atoms with Crippen LogP contribution < -0.4 is 0 Å².